The predicted octanol–water partition coefficient (Wildman–Crippen LogP) is 1.82. The number of hydrogen-bond donors (Lipinski definition) is 2. The zero-order valence-electron chi connectivity index (χ0n) is 22.1. The molecule has 5 heterocycles. The first-order valence-electron chi connectivity index (χ1n) is 13.4. The zero-order valence-corrected chi connectivity index (χ0v) is 22.1. The number of nitrogens with one attached hydrogen (secondary N) is 2. The van der Waals surface area contributed by atoms with Crippen LogP contribution in [0.4, 0.5) is 23.5 Å². The van der Waals surface area contributed by atoms with Crippen molar-refractivity contribution < 1.29 is 4.74 Å². The van der Waals surface area contributed by atoms with Crippen LogP contribution >= 0.6 is 0 Å². The molecule has 0 spiro atoms. The van der Waals surface area contributed by atoms with Crippen LogP contribution in [0.15, 0.2) is 55.2 Å². The number of aryl methyl sites for hydroxylation is 1. The fourth-order valence-corrected chi connectivity index (χ4v) is 4.84. The topological polar surface area (TPSA) is 122 Å². The molecular weight excluding hydrogens is 494 g/mol. The highest BCUT2D eigenvalue weighted by Crippen LogP contribution is 2.20. The van der Waals surface area contributed by atoms with Gasteiger partial charge in [-0.25, -0.2) is 19.9 Å². The fraction of sp³-hybridized carbons (Fsp3) is 0.407. The van der Waals surface area contributed by atoms with Crippen molar-refractivity contribution >= 4 is 23.5 Å². The van der Waals surface area contributed by atoms with Gasteiger partial charge >= 0.3 is 0 Å². The molecule has 4 aromatic rings. The number of hydrogen-bond acceptors (Lipinski definition) is 11. The van der Waals surface area contributed by atoms with Crippen LogP contribution in [-0.4, -0.2) is 86.7 Å². The molecule has 2 aliphatic rings. The van der Waals surface area contributed by atoms with Crippen molar-refractivity contribution in [1.82, 2.24) is 40.0 Å². The van der Waals surface area contributed by atoms with E-state index < -0.39 is 0 Å². The largest absolute Gasteiger partial charge is 0.374 e. The Hall–Kier alpha value is -4.16. The number of anilines is 4. The minimum atomic E-state index is 0.117. The van der Waals surface area contributed by atoms with Gasteiger partial charge in [0.05, 0.1) is 30.6 Å². The molecule has 0 bridgehead atoms. The average molecular weight is 528 g/mol. The summed E-state index contributed by atoms with van der Waals surface area (Å²) in [6.45, 7) is 8.23. The second-order valence-electron chi connectivity index (χ2n) is 9.81. The van der Waals surface area contributed by atoms with Crippen molar-refractivity contribution in [2.45, 2.75) is 26.0 Å². The average Bonchev–Trinajstić information content (AvgIpc) is 3.32. The van der Waals surface area contributed by atoms with E-state index in [1.54, 1.807) is 6.33 Å². The summed E-state index contributed by atoms with van der Waals surface area (Å²) in [5.41, 5.74) is 4.11. The highest BCUT2D eigenvalue weighted by molar-refractivity contribution is 5.55. The van der Waals surface area contributed by atoms with Crippen LogP contribution in [0.2, 0.25) is 0 Å². The van der Waals surface area contributed by atoms with Gasteiger partial charge in [0.1, 0.15) is 6.33 Å². The summed E-state index contributed by atoms with van der Waals surface area (Å²) in [5, 5.41) is 11.3. The molecule has 0 radical (unpaired) electrons. The number of morpholine rings is 1. The maximum atomic E-state index is 5.80. The van der Waals surface area contributed by atoms with Gasteiger partial charge in [-0.05, 0) is 18.1 Å². The fourth-order valence-electron chi connectivity index (χ4n) is 4.84. The van der Waals surface area contributed by atoms with E-state index in [9.17, 15) is 0 Å². The second kappa shape index (κ2) is 11.7. The van der Waals surface area contributed by atoms with Gasteiger partial charge in [-0.15, -0.1) is 0 Å². The maximum absolute atomic E-state index is 5.80. The Kier molecular flexibility index (Phi) is 7.54. The van der Waals surface area contributed by atoms with E-state index in [1.165, 1.54) is 5.56 Å². The SMILES string of the molecule is Cc1nn(CC2CNCCO2)cc1Nc1ncnc(N2CCN(c3ncc(Cc4ccccc4)cn3)CC2)n1. The van der Waals surface area contributed by atoms with Crippen molar-refractivity contribution in [3.8, 4) is 0 Å². The Morgan fingerprint density at radius 1 is 0.949 bits per heavy atom. The van der Waals surface area contributed by atoms with E-state index in [4.69, 9.17) is 4.74 Å². The second-order valence-corrected chi connectivity index (χ2v) is 9.81. The molecule has 2 N–H and O–H groups in total. The summed E-state index contributed by atoms with van der Waals surface area (Å²) < 4.78 is 7.71. The van der Waals surface area contributed by atoms with Crippen molar-refractivity contribution in [3.63, 3.8) is 0 Å². The number of ether oxygens (including phenoxy) is 1. The monoisotopic (exact) mass is 527 g/mol. The van der Waals surface area contributed by atoms with Crippen molar-refractivity contribution in [2.75, 3.05) is 61.0 Å². The highest BCUT2D eigenvalue weighted by atomic mass is 16.5. The first kappa shape index (κ1) is 25.1. The summed E-state index contributed by atoms with van der Waals surface area (Å²) >= 11 is 0. The molecule has 39 heavy (non-hydrogen) atoms. The lowest BCUT2D eigenvalue weighted by Crippen LogP contribution is -2.47. The van der Waals surface area contributed by atoms with Crippen molar-refractivity contribution in [2.24, 2.45) is 0 Å². The molecule has 2 aliphatic heterocycles. The third kappa shape index (κ3) is 6.29. The van der Waals surface area contributed by atoms with Crippen LogP contribution in [0, 0.1) is 6.92 Å². The number of nitrogens with zero attached hydrogens (tertiary/aromatic N) is 9. The quantitative estimate of drug-likeness (QED) is 0.349. The van der Waals surface area contributed by atoms with Crippen LogP contribution in [0.5, 0.6) is 0 Å². The van der Waals surface area contributed by atoms with Crippen LogP contribution in [0.25, 0.3) is 0 Å². The molecule has 3 aromatic heterocycles. The molecule has 0 saturated carbocycles. The minimum absolute atomic E-state index is 0.117. The van der Waals surface area contributed by atoms with Gasteiger partial charge in [-0.1, -0.05) is 30.3 Å². The van der Waals surface area contributed by atoms with Crippen LogP contribution in [0.1, 0.15) is 16.8 Å². The molecule has 202 valence electrons. The molecule has 1 atom stereocenters. The Bertz CT molecular complexity index is 1350. The lowest BCUT2D eigenvalue weighted by Gasteiger charge is -2.34. The molecule has 2 saturated heterocycles. The van der Waals surface area contributed by atoms with Gasteiger partial charge < -0.3 is 25.2 Å². The third-order valence-electron chi connectivity index (χ3n) is 6.94. The van der Waals surface area contributed by atoms with Gasteiger partial charge in [0, 0.05) is 64.3 Å². The molecule has 0 amide bonds. The van der Waals surface area contributed by atoms with E-state index in [0.717, 1.165) is 75.2 Å². The predicted molar refractivity (Wildman–Crippen MR) is 148 cm³/mol. The van der Waals surface area contributed by atoms with Crippen LogP contribution in [0.3, 0.4) is 0 Å². The van der Waals surface area contributed by atoms with E-state index in [-0.39, 0.29) is 6.10 Å². The summed E-state index contributed by atoms with van der Waals surface area (Å²) in [4.78, 5) is 27.1. The Morgan fingerprint density at radius 3 is 2.46 bits per heavy atom. The van der Waals surface area contributed by atoms with Gasteiger partial charge in [0.15, 0.2) is 0 Å². The first-order valence-corrected chi connectivity index (χ1v) is 13.4. The van der Waals surface area contributed by atoms with Crippen molar-refractivity contribution in [1.29, 1.82) is 0 Å². The number of piperazine rings is 1. The zero-order chi connectivity index (χ0) is 26.4. The summed E-state index contributed by atoms with van der Waals surface area (Å²) in [7, 11) is 0. The summed E-state index contributed by atoms with van der Waals surface area (Å²) in [6.07, 6.45) is 8.32. The lowest BCUT2D eigenvalue weighted by atomic mass is 10.1. The Balaban J connectivity index is 1.04. The van der Waals surface area contributed by atoms with Gasteiger partial charge in [0.25, 0.3) is 0 Å². The molecule has 12 nitrogen and oxygen atoms in total. The third-order valence-corrected chi connectivity index (χ3v) is 6.94. The van der Waals surface area contributed by atoms with Crippen molar-refractivity contribution in [3.05, 3.63) is 72.1 Å². The molecule has 12 heteroatoms. The van der Waals surface area contributed by atoms with E-state index in [2.05, 4.69) is 74.7 Å². The van der Waals surface area contributed by atoms with Gasteiger partial charge in [-0.3, -0.25) is 4.68 Å². The Labute approximate surface area is 227 Å². The van der Waals surface area contributed by atoms with E-state index in [0.29, 0.717) is 18.4 Å². The molecule has 1 unspecified atom stereocenters. The minimum Gasteiger partial charge on any atom is -0.374 e. The molecule has 6 rings (SSSR count). The molecule has 0 aliphatic carbocycles. The Morgan fingerprint density at radius 2 is 1.72 bits per heavy atom. The molecule has 2 fully saturated rings. The summed E-state index contributed by atoms with van der Waals surface area (Å²) in [6, 6.07) is 10.4. The maximum Gasteiger partial charge on any atom is 0.232 e. The van der Waals surface area contributed by atoms with Gasteiger partial charge in [0.2, 0.25) is 17.8 Å². The van der Waals surface area contributed by atoms with Gasteiger partial charge in [-0.2, -0.15) is 10.1 Å². The van der Waals surface area contributed by atoms with Crippen LogP contribution in [-0.2, 0) is 17.7 Å². The van der Waals surface area contributed by atoms with Crippen LogP contribution < -0.4 is 20.4 Å². The number of benzene rings is 1. The summed E-state index contributed by atoms with van der Waals surface area (Å²) in [5.74, 6) is 1.90. The molecular formula is C27H33N11O. The first-order chi connectivity index (χ1) is 19.2. The normalized spacial score (nSPS) is 17.8. The molecule has 1 aromatic carbocycles. The highest BCUT2D eigenvalue weighted by Gasteiger charge is 2.22. The smallest absolute Gasteiger partial charge is 0.232 e. The van der Waals surface area contributed by atoms with E-state index >= 15 is 0 Å². The number of rotatable bonds is 8. The number of aromatic nitrogens is 7. The van der Waals surface area contributed by atoms with E-state index in [1.807, 2.05) is 36.3 Å². The lowest BCUT2D eigenvalue weighted by molar-refractivity contribution is 0.0161. The standard InChI is InChI=1S/C27H33N11O/c1-20-24(18-38(35-20)17-23-16-28-7-12-39-23)33-25-31-19-32-27(34-25)37-10-8-36(9-11-37)26-29-14-22(15-30-26)13-21-5-3-2-4-6-21/h2-6,14-15,18-19,23,28H,7-13,16-17H2,1H3,(H,31,32,33,34).